The van der Waals surface area contributed by atoms with E-state index in [1.165, 1.54) is 46.2 Å². The van der Waals surface area contributed by atoms with Gasteiger partial charge in [-0.25, -0.2) is 0 Å². The quantitative estimate of drug-likeness (QED) is 0.210. The molecular formula is C25H32O2S4. The number of thioether (sulfide) groups is 1. The summed E-state index contributed by atoms with van der Waals surface area (Å²) in [5, 5.41) is 0. The average Bonchev–Trinajstić information content (AvgIpc) is 3.49. The van der Waals surface area contributed by atoms with Gasteiger partial charge in [-0.2, -0.15) is 0 Å². The Hall–Kier alpha value is -0.890. The van der Waals surface area contributed by atoms with Crippen molar-refractivity contribution in [1.29, 1.82) is 0 Å². The SMILES string of the molecule is C=C(SCC)c1ccc(-c2ccc(-c3sc(C)cc3CCOCCOCCCC)s2)s1. The molecule has 0 N–H and O–H groups in total. The van der Waals surface area contributed by atoms with Gasteiger partial charge in [0, 0.05) is 40.8 Å². The van der Waals surface area contributed by atoms with Crippen LogP contribution in [0, 0.1) is 6.92 Å². The molecule has 0 fully saturated rings. The summed E-state index contributed by atoms with van der Waals surface area (Å²) >= 11 is 7.43. The molecule has 2 nitrogen and oxygen atoms in total. The third-order valence-electron chi connectivity index (χ3n) is 4.73. The minimum absolute atomic E-state index is 0.674. The molecule has 3 rings (SSSR count). The first-order valence-corrected chi connectivity index (χ1v) is 14.3. The van der Waals surface area contributed by atoms with Crippen molar-refractivity contribution in [3.05, 3.63) is 52.2 Å². The minimum atomic E-state index is 0.674. The van der Waals surface area contributed by atoms with Crippen molar-refractivity contribution in [3.63, 3.8) is 0 Å². The van der Waals surface area contributed by atoms with Crippen LogP contribution in [-0.4, -0.2) is 32.2 Å². The molecule has 0 atom stereocenters. The smallest absolute Gasteiger partial charge is 0.0700 e. The van der Waals surface area contributed by atoms with Crippen LogP contribution >= 0.6 is 45.8 Å². The fraction of sp³-hybridized carbons (Fsp3) is 0.440. The molecule has 0 radical (unpaired) electrons. The summed E-state index contributed by atoms with van der Waals surface area (Å²) < 4.78 is 11.4. The van der Waals surface area contributed by atoms with Gasteiger partial charge in [0.1, 0.15) is 0 Å². The van der Waals surface area contributed by atoms with Crippen molar-refractivity contribution < 1.29 is 9.47 Å². The highest BCUT2D eigenvalue weighted by Crippen LogP contribution is 2.43. The molecule has 0 aliphatic rings. The van der Waals surface area contributed by atoms with Gasteiger partial charge in [0.05, 0.1) is 19.8 Å². The first-order valence-electron chi connectivity index (χ1n) is 10.9. The molecule has 0 saturated heterocycles. The summed E-state index contributed by atoms with van der Waals surface area (Å²) in [7, 11) is 0. The number of unbranched alkanes of at least 4 members (excludes halogenated alkanes) is 1. The Morgan fingerprint density at radius 3 is 2.39 bits per heavy atom. The lowest BCUT2D eigenvalue weighted by molar-refractivity contribution is 0.0479. The van der Waals surface area contributed by atoms with E-state index >= 15 is 0 Å². The molecule has 0 amide bonds. The monoisotopic (exact) mass is 492 g/mol. The molecule has 0 aliphatic heterocycles. The van der Waals surface area contributed by atoms with Gasteiger partial charge in [-0.3, -0.25) is 0 Å². The molecule has 0 unspecified atom stereocenters. The molecule has 0 spiro atoms. The second-order valence-electron chi connectivity index (χ2n) is 7.22. The molecule has 0 bridgehead atoms. The van der Waals surface area contributed by atoms with Gasteiger partial charge >= 0.3 is 0 Å². The van der Waals surface area contributed by atoms with Crippen LogP contribution in [0.3, 0.4) is 0 Å². The lowest BCUT2D eigenvalue weighted by Crippen LogP contribution is -2.07. The van der Waals surface area contributed by atoms with E-state index in [0.29, 0.717) is 13.2 Å². The number of hydrogen-bond donors (Lipinski definition) is 0. The summed E-state index contributed by atoms with van der Waals surface area (Å²) in [6.07, 6.45) is 3.24. The predicted octanol–water partition coefficient (Wildman–Crippen LogP) is 8.61. The fourth-order valence-corrected chi connectivity index (χ4v) is 7.21. The second kappa shape index (κ2) is 13.0. The zero-order chi connectivity index (χ0) is 22.1. The number of thiophene rings is 3. The molecule has 3 aromatic rings. The molecule has 0 aromatic carbocycles. The summed E-state index contributed by atoms with van der Waals surface area (Å²) in [4.78, 5) is 9.20. The van der Waals surface area contributed by atoms with Crippen LogP contribution in [0.25, 0.3) is 24.4 Å². The van der Waals surface area contributed by atoms with Crippen LogP contribution in [0.4, 0.5) is 0 Å². The molecule has 0 aliphatic carbocycles. The van der Waals surface area contributed by atoms with Crippen molar-refractivity contribution in [2.45, 2.75) is 40.0 Å². The van der Waals surface area contributed by atoms with Crippen molar-refractivity contribution in [2.24, 2.45) is 0 Å². The third-order valence-corrected chi connectivity index (χ3v) is 9.42. The average molecular weight is 493 g/mol. The Balaban J connectivity index is 1.59. The van der Waals surface area contributed by atoms with Crippen LogP contribution in [0.5, 0.6) is 0 Å². The Labute approximate surface area is 203 Å². The summed E-state index contributed by atoms with van der Waals surface area (Å²) in [6, 6.07) is 11.3. The highest BCUT2D eigenvalue weighted by molar-refractivity contribution is 8.08. The summed E-state index contributed by atoms with van der Waals surface area (Å²) in [5.41, 5.74) is 1.39. The predicted molar refractivity (Wildman–Crippen MR) is 143 cm³/mol. The maximum absolute atomic E-state index is 5.81. The van der Waals surface area contributed by atoms with Crippen LogP contribution in [0.15, 0.2) is 36.9 Å². The fourth-order valence-electron chi connectivity index (χ4n) is 3.17. The molecule has 6 heteroatoms. The highest BCUT2D eigenvalue weighted by atomic mass is 32.2. The largest absolute Gasteiger partial charge is 0.379 e. The van der Waals surface area contributed by atoms with E-state index in [1.54, 1.807) is 0 Å². The standard InChI is InChI=1S/C25H32O2S4/c1-5-7-13-26-15-16-27-14-12-20-17-18(3)29-25(20)24-11-10-23(31-24)22-9-8-21(30-22)19(4)28-6-2/h8-11,17H,4-7,12-16H2,1-3H3. The van der Waals surface area contributed by atoms with Crippen molar-refractivity contribution in [3.8, 4) is 19.5 Å². The Bertz CT molecular complexity index is 951. The summed E-state index contributed by atoms with van der Waals surface area (Å²) in [5.74, 6) is 1.06. The maximum Gasteiger partial charge on any atom is 0.0700 e. The highest BCUT2D eigenvalue weighted by Gasteiger charge is 2.14. The van der Waals surface area contributed by atoms with Gasteiger partial charge in [-0.05, 0) is 61.4 Å². The Morgan fingerprint density at radius 1 is 0.903 bits per heavy atom. The topological polar surface area (TPSA) is 18.5 Å². The van der Waals surface area contributed by atoms with Crippen LogP contribution < -0.4 is 0 Å². The Kier molecular flexibility index (Phi) is 10.4. The Morgan fingerprint density at radius 2 is 1.61 bits per heavy atom. The van der Waals surface area contributed by atoms with Gasteiger partial charge in [-0.1, -0.05) is 26.8 Å². The number of hydrogen-bond acceptors (Lipinski definition) is 6. The maximum atomic E-state index is 5.81. The van der Waals surface area contributed by atoms with Crippen molar-refractivity contribution in [2.75, 3.05) is 32.2 Å². The van der Waals surface area contributed by atoms with E-state index in [4.69, 9.17) is 9.47 Å². The minimum Gasteiger partial charge on any atom is -0.379 e. The molecular weight excluding hydrogens is 461 g/mol. The van der Waals surface area contributed by atoms with Crippen LogP contribution in [-0.2, 0) is 15.9 Å². The lowest BCUT2D eigenvalue weighted by atomic mass is 10.1. The number of aryl methyl sites for hydroxylation is 1. The number of rotatable bonds is 14. The van der Waals surface area contributed by atoms with E-state index in [2.05, 4.69) is 57.7 Å². The zero-order valence-corrected chi connectivity index (χ0v) is 22.0. The van der Waals surface area contributed by atoms with E-state index in [0.717, 1.165) is 31.8 Å². The van der Waals surface area contributed by atoms with E-state index in [1.807, 2.05) is 45.8 Å². The first-order chi connectivity index (χ1) is 15.1. The van der Waals surface area contributed by atoms with Crippen LogP contribution in [0.1, 0.15) is 42.0 Å². The van der Waals surface area contributed by atoms with Gasteiger partial charge in [0.25, 0.3) is 0 Å². The zero-order valence-electron chi connectivity index (χ0n) is 18.7. The van der Waals surface area contributed by atoms with Crippen molar-refractivity contribution >= 4 is 50.7 Å². The molecule has 168 valence electrons. The van der Waals surface area contributed by atoms with Gasteiger partial charge in [0.15, 0.2) is 0 Å². The van der Waals surface area contributed by atoms with Crippen LogP contribution in [0.2, 0.25) is 0 Å². The van der Waals surface area contributed by atoms with E-state index in [-0.39, 0.29) is 0 Å². The molecule has 0 saturated carbocycles. The third kappa shape index (κ3) is 7.31. The van der Waals surface area contributed by atoms with Gasteiger partial charge < -0.3 is 9.47 Å². The first kappa shape index (κ1) is 24.7. The normalized spacial score (nSPS) is 11.3. The summed E-state index contributed by atoms with van der Waals surface area (Å²) in [6.45, 7) is 13.7. The van der Waals surface area contributed by atoms with E-state index in [9.17, 15) is 0 Å². The molecule has 31 heavy (non-hydrogen) atoms. The van der Waals surface area contributed by atoms with E-state index < -0.39 is 0 Å². The lowest BCUT2D eigenvalue weighted by Gasteiger charge is -2.06. The van der Waals surface area contributed by atoms with Gasteiger partial charge in [-0.15, -0.1) is 45.8 Å². The number of ether oxygens (including phenoxy) is 2. The second-order valence-corrected chi connectivity index (χ2v) is 12.0. The van der Waals surface area contributed by atoms with Crippen molar-refractivity contribution in [1.82, 2.24) is 0 Å². The van der Waals surface area contributed by atoms with Gasteiger partial charge in [0.2, 0.25) is 0 Å². The molecule has 3 aromatic heterocycles. The molecule has 3 heterocycles.